The smallest absolute Gasteiger partial charge is 0.129 e. The van der Waals surface area contributed by atoms with Gasteiger partial charge in [-0.1, -0.05) is 18.2 Å². The largest absolute Gasteiger partial charge is 0.496 e. The second-order valence-corrected chi connectivity index (χ2v) is 5.49. The van der Waals surface area contributed by atoms with Gasteiger partial charge < -0.3 is 10.1 Å². The lowest BCUT2D eigenvalue weighted by Gasteiger charge is -2.14. The van der Waals surface area contributed by atoms with Gasteiger partial charge in [0.15, 0.2) is 0 Å². The third-order valence-electron chi connectivity index (χ3n) is 3.91. The molecule has 0 unspecified atom stereocenters. The van der Waals surface area contributed by atoms with Crippen LogP contribution in [0.4, 0.5) is 0 Å². The molecule has 0 aromatic heterocycles. The first-order valence-electron chi connectivity index (χ1n) is 7.18. The number of allylic oxidation sites excluding steroid dienone is 1. The lowest BCUT2D eigenvalue weighted by Crippen LogP contribution is -2.16. The summed E-state index contributed by atoms with van der Waals surface area (Å²) in [5, 5.41) is 3.54. The summed E-state index contributed by atoms with van der Waals surface area (Å²) < 4.78 is 5.58. The summed E-state index contributed by atoms with van der Waals surface area (Å²) in [6, 6.07) is 5.14. The number of benzene rings is 1. The van der Waals surface area contributed by atoms with Gasteiger partial charge in [-0.3, -0.25) is 0 Å². The van der Waals surface area contributed by atoms with Crippen LogP contribution in [0, 0.1) is 13.8 Å². The van der Waals surface area contributed by atoms with Crippen LogP contribution in [0.1, 0.15) is 42.9 Å². The van der Waals surface area contributed by atoms with Gasteiger partial charge in [0.2, 0.25) is 0 Å². The van der Waals surface area contributed by atoms with E-state index in [1.54, 1.807) is 7.11 Å². The van der Waals surface area contributed by atoms with Crippen LogP contribution in [0.25, 0.3) is 5.57 Å². The predicted octanol–water partition coefficient (Wildman–Crippen LogP) is 3.86. The van der Waals surface area contributed by atoms with Crippen molar-refractivity contribution >= 4 is 5.57 Å². The topological polar surface area (TPSA) is 21.3 Å². The molecule has 1 aliphatic carbocycles. The highest BCUT2D eigenvalue weighted by Crippen LogP contribution is 2.31. The van der Waals surface area contributed by atoms with Gasteiger partial charge >= 0.3 is 0 Å². The lowest BCUT2D eigenvalue weighted by molar-refractivity contribution is 0.410. The molecule has 0 radical (unpaired) electrons. The average Bonchev–Trinajstić information content (AvgIpc) is 3.21. The fourth-order valence-corrected chi connectivity index (χ4v) is 2.34. The average molecular weight is 259 g/mol. The second kappa shape index (κ2) is 6.25. The molecular formula is C17H25NO. The standard InChI is InChI=1S/C17H25NO/c1-12-7-10-16(17(19-4)14(12)3)13(2)6-5-11-18-15-8-9-15/h6-7,10,15,18H,5,8-9,11H2,1-4H3/b13-6+. The summed E-state index contributed by atoms with van der Waals surface area (Å²) in [7, 11) is 1.76. The van der Waals surface area contributed by atoms with Crippen molar-refractivity contribution in [1.82, 2.24) is 5.32 Å². The summed E-state index contributed by atoms with van der Waals surface area (Å²) in [6.45, 7) is 7.50. The molecule has 0 atom stereocenters. The molecule has 0 amide bonds. The molecule has 1 aromatic carbocycles. The van der Waals surface area contributed by atoms with Crippen molar-refractivity contribution in [2.75, 3.05) is 13.7 Å². The van der Waals surface area contributed by atoms with Gasteiger partial charge in [0, 0.05) is 11.6 Å². The van der Waals surface area contributed by atoms with Gasteiger partial charge in [0.25, 0.3) is 0 Å². The van der Waals surface area contributed by atoms with E-state index >= 15 is 0 Å². The predicted molar refractivity (Wildman–Crippen MR) is 81.8 cm³/mol. The van der Waals surface area contributed by atoms with E-state index < -0.39 is 0 Å². The maximum Gasteiger partial charge on any atom is 0.129 e. The van der Waals surface area contributed by atoms with Crippen LogP contribution in [0.5, 0.6) is 5.75 Å². The molecule has 104 valence electrons. The van der Waals surface area contributed by atoms with Crippen LogP contribution in [0.15, 0.2) is 18.2 Å². The summed E-state index contributed by atoms with van der Waals surface area (Å²) in [5.41, 5.74) is 5.04. The molecular weight excluding hydrogens is 234 g/mol. The van der Waals surface area contributed by atoms with Gasteiger partial charge in [-0.25, -0.2) is 0 Å². The molecule has 0 heterocycles. The van der Waals surface area contributed by atoms with Crippen LogP contribution in [-0.2, 0) is 0 Å². The number of hydrogen-bond acceptors (Lipinski definition) is 2. The highest BCUT2D eigenvalue weighted by Gasteiger charge is 2.19. The summed E-state index contributed by atoms with van der Waals surface area (Å²) in [6.07, 6.45) is 6.10. The quantitative estimate of drug-likeness (QED) is 0.783. The van der Waals surface area contributed by atoms with Crippen LogP contribution < -0.4 is 10.1 Å². The normalized spacial score (nSPS) is 15.7. The van der Waals surface area contributed by atoms with Crippen molar-refractivity contribution in [3.8, 4) is 5.75 Å². The van der Waals surface area contributed by atoms with Gasteiger partial charge in [-0.2, -0.15) is 0 Å². The number of nitrogens with one attached hydrogen (secondary N) is 1. The van der Waals surface area contributed by atoms with E-state index in [4.69, 9.17) is 4.74 Å². The molecule has 1 saturated carbocycles. The SMILES string of the molecule is COc1c(/C(C)=C/CCNC2CC2)ccc(C)c1C. The molecule has 2 nitrogen and oxygen atoms in total. The van der Waals surface area contributed by atoms with Crippen molar-refractivity contribution in [2.24, 2.45) is 0 Å². The second-order valence-electron chi connectivity index (χ2n) is 5.49. The highest BCUT2D eigenvalue weighted by atomic mass is 16.5. The zero-order chi connectivity index (χ0) is 13.8. The Morgan fingerprint density at radius 1 is 1.37 bits per heavy atom. The van der Waals surface area contributed by atoms with Crippen molar-refractivity contribution in [3.05, 3.63) is 34.9 Å². The highest BCUT2D eigenvalue weighted by molar-refractivity contribution is 5.71. The van der Waals surface area contributed by atoms with Crippen molar-refractivity contribution in [1.29, 1.82) is 0 Å². The van der Waals surface area contributed by atoms with E-state index in [0.29, 0.717) is 0 Å². The van der Waals surface area contributed by atoms with E-state index in [-0.39, 0.29) is 0 Å². The molecule has 1 aliphatic rings. The third kappa shape index (κ3) is 3.60. The lowest BCUT2D eigenvalue weighted by atomic mass is 9.99. The molecule has 0 spiro atoms. The number of hydrogen-bond donors (Lipinski definition) is 1. The summed E-state index contributed by atoms with van der Waals surface area (Å²) >= 11 is 0. The molecule has 1 fully saturated rings. The van der Waals surface area contributed by atoms with Gasteiger partial charge in [0.1, 0.15) is 5.75 Å². The molecule has 0 aliphatic heterocycles. The molecule has 19 heavy (non-hydrogen) atoms. The van der Waals surface area contributed by atoms with Crippen molar-refractivity contribution < 1.29 is 4.74 Å². The van der Waals surface area contributed by atoms with E-state index in [1.807, 2.05) is 0 Å². The van der Waals surface area contributed by atoms with Crippen LogP contribution in [0.3, 0.4) is 0 Å². The minimum absolute atomic E-state index is 0.796. The monoisotopic (exact) mass is 259 g/mol. The fraction of sp³-hybridized carbons (Fsp3) is 0.529. The van der Waals surface area contributed by atoms with E-state index in [0.717, 1.165) is 24.8 Å². The molecule has 0 bridgehead atoms. The Morgan fingerprint density at radius 3 is 2.74 bits per heavy atom. The maximum atomic E-state index is 5.58. The zero-order valence-corrected chi connectivity index (χ0v) is 12.5. The van der Waals surface area contributed by atoms with Crippen molar-refractivity contribution in [2.45, 2.75) is 46.1 Å². The van der Waals surface area contributed by atoms with Crippen LogP contribution in [0.2, 0.25) is 0 Å². The Kier molecular flexibility index (Phi) is 4.65. The molecule has 1 N–H and O–H groups in total. The summed E-state index contributed by atoms with van der Waals surface area (Å²) in [4.78, 5) is 0. The Balaban J connectivity index is 2.06. The summed E-state index contributed by atoms with van der Waals surface area (Å²) in [5.74, 6) is 1.02. The minimum Gasteiger partial charge on any atom is -0.496 e. The van der Waals surface area contributed by atoms with E-state index in [9.17, 15) is 0 Å². The Morgan fingerprint density at radius 2 is 2.11 bits per heavy atom. The zero-order valence-electron chi connectivity index (χ0n) is 12.5. The van der Waals surface area contributed by atoms with Crippen LogP contribution in [-0.4, -0.2) is 19.7 Å². The number of aryl methyl sites for hydroxylation is 1. The van der Waals surface area contributed by atoms with Gasteiger partial charge in [0.05, 0.1) is 7.11 Å². The number of methoxy groups -OCH3 is 1. The van der Waals surface area contributed by atoms with Gasteiger partial charge in [-0.05, 0) is 63.3 Å². The fourth-order valence-electron chi connectivity index (χ4n) is 2.34. The van der Waals surface area contributed by atoms with E-state index in [2.05, 4.69) is 44.3 Å². The Hall–Kier alpha value is -1.28. The molecule has 0 saturated heterocycles. The minimum atomic E-state index is 0.796. The number of rotatable bonds is 6. The first-order valence-corrected chi connectivity index (χ1v) is 7.18. The molecule has 2 rings (SSSR count). The maximum absolute atomic E-state index is 5.58. The Labute approximate surface area is 116 Å². The third-order valence-corrected chi connectivity index (χ3v) is 3.91. The van der Waals surface area contributed by atoms with Crippen molar-refractivity contribution in [3.63, 3.8) is 0 Å². The van der Waals surface area contributed by atoms with Gasteiger partial charge in [-0.15, -0.1) is 0 Å². The Bertz CT molecular complexity index is 472. The first-order chi connectivity index (χ1) is 9.13. The molecule has 2 heteroatoms. The van der Waals surface area contributed by atoms with Crippen LogP contribution >= 0.6 is 0 Å². The molecule has 1 aromatic rings. The first kappa shape index (κ1) is 14.1. The number of ether oxygens (including phenoxy) is 1. The van der Waals surface area contributed by atoms with E-state index in [1.165, 1.54) is 35.1 Å².